The van der Waals surface area contributed by atoms with E-state index in [9.17, 15) is 14.4 Å². The number of rotatable bonds is 8. The first-order valence-electron chi connectivity index (χ1n) is 9.73. The first-order valence-corrected chi connectivity index (χ1v) is 9.73. The number of primary amides is 1. The molecule has 0 heterocycles. The second-order valence-electron chi connectivity index (χ2n) is 6.88. The van der Waals surface area contributed by atoms with Gasteiger partial charge in [0.05, 0.1) is 0 Å². The standard InChI is InChI=1S/C24H23N3O4/c25-22(28)19-11-13-20(14-12-19)26-23(29)21(15-17-7-3-1-4-8-17)27-24(30)31-16-18-9-5-2-6-10-18/h1-14,21H,15-16H2,(H2,25,28)(H,26,29)(H,27,30)/t21-/m0/s1. The second-order valence-corrected chi connectivity index (χ2v) is 6.88. The number of hydrogen-bond donors (Lipinski definition) is 3. The minimum atomic E-state index is -0.860. The molecule has 0 unspecified atom stereocenters. The molecule has 0 aliphatic carbocycles. The van der Waals surface area contributed by atoms with E-state index < -0.39 is 23.9 Å². The van der Waals surface area contributed by atoms with Crippen molar-refractivity contribution < 1.29 is 19.1 Å². The van der Waals surface area contributed by atoms with Crippen molar-refractivity contribution in [1.29, 1.82) is 0 Å². The lowest BCUT2D eigenvalue weighted by Crippen LogP contribution is -2.45. The van der Waals surface area contributed by atoms with Crippen LogP contribution in [0.3, 0.4) is 0 Å². The summed E-state index contributed by atoms with van der Waals surface area (Å²) >= 11 is 0. The number of amides is 3. The van der Waals surface area contributed by atoms with E-state index in [0.717, 1.165) is 11.1 Å². The van der Waals surface area contributed by atoms with Gasteiger partial charge in [-0.15, -0.1) is 0 Å². The number of benzene rings is 3. The predicted molar refractivity (Wildman–Crippen MR) is 117 cm³/mol. The fourth-order valence-corrected chi connectivity index (χ4v) is 2.91. The zero-order valence-electron chi connectivity index (χ0n) is 16.8. The summed E-state index contributed by atoms with van der Waals surface area (Å²) < 4.78 is 5.26. The number of hydrogen-bond acceptors (Lipinski definition) is 4. The van der Waals surface area contributed by atoms with Crippen LogP contribution >= 0.6 is 0 Å². The maximum atomic E-state index is 12.9. The van der Waals surface area contributed by atoms with E-state index in [4.69, 9.17) is 10.5 Å². The van der Waals surface area contributed by atoms with E-state index in [-0.39, 0.29) is 13.0 Å². The Bertz CT molecular complexity index is 1020. The normalized spacial score (nSPS) is 11.2. The summed E-state index contributed by atoms with van der Waals surface area (Å²) in [5, 5.41) is 5.38. The Morgan fingerprint density at radius 1 is 0.806 bits per heavy atom. The van der Waals surface area contributed by atoms with Crippen molar-refractivity contribution in [1.82, 2.24) is 5.32 Å². The number of nitrogens with two attached hydrogens (primary N) is 1. The zero-order chi connectivity index (χ0) is 22.1. The summed E-state index contributed by atoms with van der Waals surface area (Å²) in [6.45, 7) is 0.0981. The molecule has 0 aliphatic rings. The van der Waals surface area contributed by atoms with Crippen molar-refractivity contribution in [3.8, 4) is 0 Å². The van der Waals surface area contributed by atoms with Gasteiger partial charge in [-0.1, -0.05) is 60.7 Å². The SMILES string of the molecule is NC(=O)c1ccc(NC(=O)[C@H](Cc2ccccc2)NC(=O)OCc2ccccc2)cc1. The largest absolute Gasteiger partial charge is 0.445 e. The van der Waals surface area contributed by atoms with E-state index in [1.165, 1.54) is 12.1 Å². The molecule has 4 N–H and O–H groups in total. The number of carbonyl (C=O) groups excluding carboxylic acids is 3. The molecule has 3 amide bonds. The molecular formula is C24H23N3O4. The van der Waals surface area contributed by atoms with Crippen LogP contribution in [0.4, 0.5) is 10.5 Å². The number of alkyl carbamates (subject to hydrolysis) is 1. The van der Waals surface area contributed by atoms with Crippen LogP contribution in [0.1, 0.15) is 21.5 Å². The molecule has 7 heteroatoms. The predicted octanol–water partition coefficient (Wildman–Crippen LogP) is 3.26. The van der Waals surface area contributed by atoms with Crippen LogP contribution in [-0.2, 0) is 22.6 Å². The smallest absolute Gasteiger partial charge is 0.408 e. The Hall–Kier alpha value is -4.13. The molecule has 3 rings (SSSR count). The highest BCUT2D eigenvalue weighted by atomic mass is 16.5. The lowest BCUT2D eigenvalue weighted by atomic mass is 10.1. The Labute approximate surface area is 180 Å². The van der Waals surface area contributed by atoms with Gasteiger partial charge in [-0.2, -0.15) is 0 Å². The summed E-state index contributed by atoms with van der Waals surface area (Å²) in [5.74, 6) is -0.963. The van der Waals surface area contributed by atoms with Crippen molar-refractivity contribution in [3.63, 3.8) is 0 Å². The third kappa shape index (κ3) is 6.71. The number of ether oxygens (including phenoxy) is 1. The topological polar surface area (TPSA) is 111 Å². The Balaban J connectivity index is 1.66. The maximum Gasteiger partial charge on any atom is 0.408 e. The minimum Gasteiger partial charge on any atom is -0.445 e. The summed E-state index contributed by atoms with van der Waals surface area (Å²) in [6, 6.07) is 23.9. The molecule has 0 spiro atoms. The van der Waals surface area contributed by atoms with Gasteiger partial charge in [-0.25, -0.2) is 4.79 Å². The highest BCUT2D eigenvalue weighted by molar-refractivity contribution is 5.98. The molecule has 0 aliphatic heterocycles. The van der Waals surface area contributed by atoms with Crippen molar-refractivity contribution in [2.45, 2.75) is 19.1 Å². The van der Waals surface area contributed by atoms with E-state index in [2.05, 4.69) is 10.6 Å². The first kappa shape index (κ1) is 21.6. The number of nitrogens with one attached hydrogen (secondary N) is 2. The molecule has 1 atom stereocenters. The van der Waals surface area contributed by atoms with Gasteiger partial charge >= 0.3 is 6.09 Å². The lowest BCUT2D eigenvalue weighted by molar-refractivity contribution is -0.118. The Morgan fingerprint density at radius 3 is 1.97 bits per heavy atom. The van der Waals surface area contributed by atoms with Crippen LogP contribution in [0, 0.1) is 0 Å². The fourth-order valence-electron chi connectivity index (χ4n) is 2.91. The highest BCUT2D eigenvalue weighted by Gasteiger charge is 2.22. The molecule has 0 bridgehead atoms. The molecule has 158 valence electrons. The molecule has 0 saturated heterocycles. The molecule has 0 saturated carbocycles. The van der Waals surface area contributed by atoms with Gasteiger partial charge in [0.15, 0.2) is 0 Å². The molecule has 3 aromatic rings. The summed E-state index contributed by atoms with van der Waals surface area (Å²) in [7, 11) is 0. The van der Waals surface area contributed by atoms with Crippen LogP contribution in [0.5, 0.6) is 0 Å². The molecule has 0 fully saturated rings. The quantitative estimate of drug-likeness (QED) is 0.522. The first-order chi connectivity index (χ1) is 15.0. The Kier molecular flexibility index (Phi) is 7.37. The zero-order valence-corrected chi connectivity index (χ0v) is 16.8. The third-order valence-electron chi connectivity index (χ3n) is 4.54. The van der Waals surface area contributed by atoms with Gasteiger partial charge in [0.2, 0.25) is 11.8 Å². The van der Waals surface area contributed by atoms with Gasteiger partial charge in [0.25, 0.3) is 0 Å². The van der Waals surface area contributed by atoms with Crippen LogP contribution in [0.2, 0.25) is 0 Å². The van der Waals surface area contributed by atoms with Gasteiger partial charge in [0, 0.05) is 17.7 Å². The average molecular weight is 417 g/mol. The number of carbonyl (C=O) groups is 3. The Morgan fingerprint density at radius 2 is 1.39 bits per heavy atom. The lowest BCUT2D eigenvalue weighted by Gasteiger charge is -2.19. The maximum absolute atomic E-state index is 12.9. The van der Waals surface area contributed by atoms with Crippen LogP contribution in [-0.4, -0.2) is 23.9 Å². The second kappa shape index (κ2) is 10.6. The highest BCUT2D eigenvalue weighted by Crippen LogP contribution is 2.12. The third-order valence-corrected chi connectivity index (χ3v) is 4.54. The molecule has 7 nitrogen and oxygen atoms in total. The monoisotopic (exact) mass is 417 g/mol. The molecule has 31 heavy (non-hydrogen) atoms. The number of anilines is 1. The van der Waals surface area contributed by atoms with Crippen molar-refractivity contribution >= 4 is 23.6 Å². The van der Waals surface area contributed by atoms with Gasteiger partial charge < -0.3 is 21.1 Å². The minimum absolute atomic E-state index is 0.0981. The van der Waals surface area contributed by atoms with Crippen molar-refractivity contribution in [2.24, 2.45) is 5.73 Å². The van der Waals surface area contributed by atoms with Crippen LogP contribution in [0.25, 0.3) is 0 Å². The summed E-state index contributed by atoms with van der Waals surface area (Å²) in [5.41, 5.74) is 7.78. The van der Waals surface area contributed by atoms with E-state index >= 15 is 0 Å². The molecule has 0 aromatic heterocycles. The van der Waals surface area contributed by atoms with Gasteiger partial charge in [-0.05, 0) is 35.4 Å². The van der Waals surface area contributed by atoms with Crippen molar-refractivity contribution in [2.75, 3.05) is 5.32 Å². The molecule has 3 aromatic carbocycles. The van der Waals surface area contributed by atoms with Crippen LogP contribution in [0.15, 0.2) is 84.9 Å². The average Bonchev–Trinajstić information content (AvgIpc) is 2.79. The molecular weight excluding hydrogens is 394 g/mol. The van der Waals surface area contributed by atoms with Gasteiger partial charge in [0.1, 0.15) is 12.6 Å². The molecule has 0 radical (unpaired) electrons. The summed E-state index contributed by atoms with van der Waals surface area (Å²) in [4.78, 5) is 36.4. The van der Waals surface area contributed by atoms with E-state index in [1.54, 1.807) is 12.1 Å². The van der Waals surface area contributed by atoms with Crippen molar-refractivity contribution in [3.05, 3.63) is 102 Å². The fraction of sp³-hybridized carbons (Fsp3) is 0.125. The van der Waals surface area contributed by atoms with Crippen LogP contribution < -0.4 is 16.4 Å². The summed E-state index contributed by atoms with van der Waals surface area (Å²) in [6.07, 6.45) is -0.407. The van der Waals surface area contributed by atoms with Gasteiger partial charge in [-0.3, -0.25) is 9.59 Å². The van der Waals surface area contributed by atoms with E-state index in [0.29, 0.717) is 11.3 Å². The van der Waals surface area contributed by atoms with E-state index in [1.807, 2.05) is 60.7 Å².